The van der Waals surface area contributed by atoms with Crippen LogP contribution in [0.2, 0.25) is 0 Å². The Morgan fingerprint density at radius 3 is 3.07 bits per heavy atom. The van der Waals surface area contributed by atoms with Gasteiger partial charge >= 0.3 is 0 Å². The van der Waals surface area contributed by atoms with E-state index in [9.17, 15) is 9.90 Å². The van der Waals surface area contributed by atoms with Crippen LogP contribution in [-0.2, 0) is 4.79 Å². The molecule has 3 aliphatic rings. The number of allylic oxidation sites excluding steroid dienone is 1. The van der Waals surface area contributed by atoms with Gasteiger partial charge in [0.2, 0.25) is 0 Å². The molecule has 3 aliphatic carbocycles. The van der Waals surface area contributed by atoms with Gasteiger partial charge in [-0.1, -0.05) is 12.2 Å². The number of hydrogen-bond acceptors (Lipinski definition) is 2. The number of carbonyl (C=O) groups is 1. The van der Waals surface area contributed by atoms with Crippen LogP contribution in [0.4, 0.5) is 0 Å². The van der Waals surface area contributed by atoms with Crippen LogP contribution in [0.5, 0.6) is 0 Å². The van der Waals surface area contributed by atoms with Crippen molar-refractivity contribution in [1.29, 1.82) is 0 Å². The Balaban J connectivity index is 1.96. The smallest absolute Gasteiger partial charge is 0.137 e. The van der Waals surface area contributed by atoms with E-state index in [0.29, 0.717) is 24.5 Å². The van der Waals surface area contributed by atoms with Gasteiger partial charge in [-0.3, -0.25) is 4.79 Å². The number of aliphatic hydroxyl groups excluding tert-OH is 1. The van der Waals surface area contributed by atoms with Gasteiger partial charge < -0.3 is 5.11 Å². The molecule has 2 heteroatoms. The summed E-state index contributed by atoms with van der Waals surface area (Å²) in [7, 11) is 0. The molecule has 3 fully saturated rings. The van der Waals surface area contributed by atoms with E-state index in [0.717, 1.165) is 25.7 Å². The third-order valence-electron chi connectivity index (χ3n) is 4.87. The highest BCUT2D eigenvalue weighted by Crippen LogP contribution is 2.60. The maximum atomic E-state index is 12.0. The first-order chi connectivity index (χ1) is 7.11. The lowest BCUT2D eigenvalue weighted by Gasteiger charge is -2.44. The van der Waals surface area contributed by atoms with Crippen LogP contribution in [0.25, 0.3) is 0 Å². The molecule has 0 aliphatic heterocycles. The molecule has 4 atom stereocenters. The van der Waals surface area contributed by atoms with E-state index in [1.54, 1.807) is 0 Å². The molecular formula is C13H18O2. The average Bonchev–Trinajstić information content (AvgIpc) is 2.44. The zero-order chi connectivity index (χ0) is 10.6. The molecule has 1 spiro atoms. The molecular weight excluding hydrogens is 188 g/mol. The molecule has 0 radical (unpaired) electrons. The van der Waals surface area contributed by atoms with Crippen LogP contribution in [0, 0.1) is 17.3 Å². The second-order valence-corrected chi connectivity index (χ2v) is 5.75. The summed E-state index contributed by atoms with van der Waals surface area (Å²) in [5, 5.41) is 9.68. The zero-order valence-corrected chi connectivity index (χ0v) is 9.04. The van der Waals surface area contributed by atoms with Crippen LogP contribution in [0.3, 0.4) is 0 Å². The summed E-state index contributed by atoms with van der Waals surface area (Å²) in [6.07, 6.45) is 5.27. The van der Waals surface area contributed by atoms with Gasteiger partial charge in [-0.15, -0.1) is 0 Å². The first-order valence-electron chi connectivity index (χ1n) is 5.99. The average molecular weight is 206 g/mol. The quantitative estimate of drug-likeness (QED) is 0.616. The van der Waals surface area contributed by atoms with Crippen molar-refractivity contribution in [1.82, 2.24) is 0 Å². The Kier molecular flexibility index (Phi) is 1.88. The standard InChI is InChI=1S/C13H18O2/c1-8-6-13-3-2-10(14)5-11(13)12(15)4-9(8)7-13/h9-11,14H,1-7H2/t9-,10+,11-,13-/m1/s1. The van der Waals surface area contributed by atoms with E-state index in [4.69, 9.17) is 0 Å². The SMILES string of the molecule is C=C1C[C@@]23CC[C@H](O)C[C@@H]2C(=O)C[C@@H]1C3. The fraction of sp³-hybridized carbons (Fsp3) is 0.769. The minimum Gasteiger partial charge on any atom is -0.393 e. The summed E-state index contributed by atoms with van der Waals surface area (Å²) in [6.45, 7) is 4.12. The summed E-state index contributed by atoms with van der Waals surface area (Å²) >= 11 is 0. The summed E-state index contributed by atoms with van der Waals surface area (Å²) < 4.78 is 0. The number of carbonyl (C=O) groups excluding carboxylic acids is 1. The fourth-order valence-corrected chi connectivity index (χ4v) is 4.10. The molecule has 0 aromatic heterocycles. The topological polar surface area (TPSA) is 37.3 Å². The Hall–Kier alpha value is -0.630. The Morgan fingerprint density at radius 1 is 1.47 bits per heavy atom. The van der Waals surface area contributed by atoms with E-state index in [-0.39, 0.29) is 17.4 Å². The summed E-state index contributed by atoms with van der Waals surface area (Å²) in [5.74, 6) is 0.990. The summed E-state index contributed by atoms with van der Waals surface area (Å²) in [4.78, 5) is 12.0. The van der Waals surface area contributed by atoms with Gasteiger partial charge in [0, 0.05) is 12.3 Å². The zero-order valence-electron chi connectivity index (χ0n) is 9.04. The molecule has 0 aromatic rings. The highest BCUT2D eigenvalue weighted by molar-refractivity contribution is 5.84. The van der Waals surface area contributed by atoms with Gasteiger partial charge in [-0.2, -0.15) is 0 Å². The molecule has 3 rings (SSSR count). The van der Waals surface area contributed by atoms with Gasteiger partial charge in [0.25, 0.3) is 0 Å². The molecule has 2 nitrogen and oxygen atoms in total. The number of Topliss-reactive ketones (excluding diaryl/α,β-unsaturated/α-hetero) is 1. The molecule has 3 saturated carbocycles. The first-order valence-corrected chi connectivity index (χ1v) is 5.99. The van der Waals surface area contributed by atoms with Crippen molar-refractivity contribution in [2.45, 2.75) is 44.6 Å². The number of ketones is 1. The number of aliphatic hydroxyl groups is 1. The number of fused-ring (bicyclic) bond motifs is 1. The van der Waals surface area contributed by atoms with E-state index < -0.39 is 0 Å². The fourth-order valence-electron chi connectivity index (χ4n) is 4.10. The van der Waals surface area contributed by atoms with Crippen molar-refractivity contribution in [3.63, 3.8) is 0 Å². The third kappa shape index (κ3) is 1.24. The van der Waals surface area contributed by atoms with Crippen LogP contribution < -0.4 is 0 Å². The van der Waals surface area contributed by atoms with Crippen molar-refractivity contribution in [3.05, 3.63) is 12.2 Å². The number of hydrogen-bond donors (Lipinski definition) is 1. The molecule has 0 heterocycles. The van der Waals surface area contributed by atoms with Crippen molar-refractivity contribution >= 4 is 5.78 Å². The minimum absolute atomic E-state index is 0.136. The van der Waals surface area contributed by atoms with Crippen LogP contribution in [-0.4, -0.2) is 17.0 Å². The van der Waals surface area contributed by atoms with Gasteiger partial charge in [0.1, 0.15) is 5.78 Å². The predicted molar refractivity (Wildman–Crippen MR) is 57.3 cm³/mol. The third-order valence-corrected chi connectivity index (χ3v) is 4.87. The van der Waals surface area contributed by atoms with Crippen LogP contribution >= 0.6 is 0 Å². The Labute approximate surface area is 90.4 Å². The normalized spacial score (nSPS) is 49.3. The van der Waals surface area contributed by atoms with E-state index >= 15 is 0 Å². The molecule has 0 amide bonds. The van der Waals surface area contributed by atoms with Gasteiger partial charge in [-0.25, -0.2) is 0 Å². The second-order valence-electron chi connectivity index (χ2n) is 5.75. The maximum Gasteiger partial charge on any atom is 0.137 e. The van der Waals surface area contributed by atoms with Crippen LogP contribution in [0.1, 0.15) is 38.5 Å². The molecule has 1 N–H and O–H groups in total. The van der Waals surface area contributed by atoms with Crippen molar-refractivity contribution in [2.75, 3.05) is 0 Å². The molecule has 82 valence electrons. The summed E-state index contributed by atoms with van der Waals surface area (Å²) in [5.41, 5.74) is 1.50. The molecule has 15 heavy (non-hydrogen) atoms. The van der Waals surface area contributed by atoms with Crippen molar-refractivity contribution in [3.8, 4) is 0 Å². The van der Waals surface area contributed by atoms with E-state index in [1.807, 2.05) is 0 Å². The highest BCUT2D eigenvalue weighted by atomic mass is 16.3. The van der Waals surface area contributed by atoms with Gasteiger partial charge in [0.05, 0.1) is 6.10 Å². The van der Waals surface area contributed by atoms with Crippen molar-refractivity contribution in [2.24, 2.45) is 17.3 Å². The van der Waals surface area contributed by atoms with Crippen molar-refractivity contribution < 1.29 is 9.90 Å². The Morgan fingerprint density at radius 2 is 2.27 bits per heavy atom. The molecule has 0 aromatic carbocycles. The lowest BCUT2D eigenvalue weighted by Crippen LogP contribution is -2.43. The molecule has 0 saturated heterocycles. The maximum absolute atomic E-state index is 12.0. The van der Waals surface area contributed by atoms with Gasteiger partial charge in [-0.05, 0) is 43.4 Å². The second kappa shape index (κ2) is 2.94. The lowest BCUT2D eigenvalue weighted by molar-refractivity contribution is -0.135. The predicted octanol–water partition coefficient (Wildman–Crippen LogP) is 2.07. The van der Waals surface area contributed by atoms with E-state index in [1.165, 1.54) is 5.57 Å². The monoisotopic (exact) mass is 206 g/mol. The van der Waals surface area contributed by atoms with E-state index in [2.05, 4.69) is 6.58 Å². The molecule has 0 unspecified atom stereocenters. The lowest BCUT2D eigenvalue weighted by atomic mass is 9.59. The highest BCUT2D eigenvalue weighted by Gasteiger charge is 2.55. The minimum atomic E-state index is -0.241. The van der Waals surface area contributed by atoms with Crippen LogP contribution in [0.15, 0.2) is 12.2 Å². The summed E-state index contributed by atoms with van der Waals surface area (Å²) in [6, 6.07) is 0. The van der Waals surface area contributed by atoms with Gasteiger partial charge in [0.15, 0.2) is 0 Å². The Bertz CT molecular complexity index is 333. The largest absolute Gasteiger partial charge is 0.393 e. The first kappa shape index (κ1) is 9.59. The number of rotatable bonds is 0. The molecule has 2 bridgehead atoms.